The fraction of sp³-hybridized carbons (Fsp3) is 0.562. The Bertz CT molecular complexity index is 443. The molecule has 1 aliphatic carbocycles. The number of aliphatic carboxylic acids is 1. The molecule has 4 heteroatoms. The van der Waals surface area contributed by atoms with Gasteiger partial charge in [-0.1, -0.05) is 24.3 Å². The minimum absolute atomic E-state index is 0.0855. The first-order valence-electron chi connectivity index (χ1n) is 7.20. The van der Waals surface area contributed by atoms with E-state index < -0.39 is 5.97 Å². The smallest absolute Gasteiger partial charge is 0.307 e. The Kier molecular flexibility index (Phi) is 5.56. The molecule has 20 heavy (non-hydrogen) atoms. The van der Waals surface area contributed by atoms with E-state index in [2.05, 4.69) is 4.90 Å². The predicted octanol–water partition coefficient (Wildman–Crippen LogP) is 2.17. The highest BCUT2D eigenvalue weighted by atomic mass is 16.5. The van der Waals surface area contributed by atoms with Crippen LogP contribution in [0.3, 0.4) is 0 Å². The van der Waals surface area contributed by atoms with Gasteiger partial charge < -0.3 is 9.84 Å². The van der Waals surface area contributed by atoms with Crippen molar-refractivity contribution in [2.75, 3.05) is 26.8 Å². The zero-order valence-corrected chi connectivity index (χ0v) is 12.0. The van der Waals surface area contributed by atoms with E-state index >= 15 is 0 Å². The third kappa shape index (κ3) is 5.31. The van der Waals surface area contributed by atoms with Gasteiger partial charge >= 0.3 is 5.97 Å². The summed E-state index contributed by atoms with van der Waals surface area (Å²) in [4.78, 5) is 13.0. The molecular formula is C16H23NO3. The number of likely N-dealkylation sites (N-methyl/N-ethyl adjacent to an activating group) is 1. The summed E-state index contributed by atoms with van der Waals surface area (Å²) in [5.41, 5.74) is 1.98. The Morgan fingerprint density at radius 2 is 2.05 bits per heavy atom. The molecule has 1 aromatic rings. The standard InChI is InChI=1S/C16H23NO3/c1-17(8-9-20-12-13-6-7-13)11-15-5-3-2-4-14(15)10-16(18)19/h2-5,13H,6-12H2,1H3,(H,18,19). The highest BCUT2D eigenvalue weighted by molar-refractivity contribution is 5.70. The van der Waals surface area contributed by atoms with Gasteiger partial charge in [-0.2, -0.15) is 0 Å². The lowest BCUT2D eigenvalue weighted by Crippen LogP contribution is -2.24. The summed E-state index contributed by atoms with van der Waals surface area (Å²) in [6.07, 6.45) is 2.72. The van der Waals surface area contributed by atoms with Gasteiger partial charge in [-0.3, -0.25) is 9.69 Å². The summed E-state index contributed by atoms with van der Waals surface area (Å²) >= 11 is 0. The van der Waals surface area contributed by atoms with Gasteiger partial charge in [0.05, 0.1) is 13.0 Å². The number of hydrogen-bond acceptors (Lipinski definition) is 3. The molecule has 1 saturated carbocycles. The summed E-state index contributed by atoms with van der Waals surface area (Å²) in [6.45, 7) is 3.27. The highest BCUT2D eigenvalue weighted by Gasteiger charge is 2.20. The van der Waals surface area contributed by atoms with Gasteiger partial charge in [-0.05, 0) is 36.9 Å². The number of nitrogens with zero attached hydrogens (tertiary/aromatic N) is 1. The van der Waals surface area contributed by atoms with Crippen LogP contribution in [0.1, 0.15) is 24.0 Å². The second-order valence-corrected chi connectivity index (χ2v) is 5.60. The quantitative estimate of drug-likeness (QED) is 0.703. The Labute approximate surface area is 120 Å². The van der Waals surface area contributed by atoms with Gasteiger partial charge in [-0.25, -0.2) is 0 Å². The van der Waals surface area contributed by atoms with Crippen molar-refractivity contribution < 1.29 is 14.6 Å². The Morgan fingerprint density at radius 3 is 2.70 bits per heavy atom. The average Bonchev–Trinajstić information content (AvgIpc) is 3.20. The molecule has 0 saturated heterocycles. The molecule has 1 fully saturated rings. The van der Waals surface area contributed by atoms with Crippen LogP contribution in [0, 0.1) is 5.92 Å². The SMILES string of the molecule is CN(CCOCC1CC1)Cc1ccccc1CC(=O)O. The van der Waals surface area contributed by atoms with Crippen LogP contribution >= 0.6 is 0 Å². The van der Waals surface area contributed by atoms with Crippen molar-refractivity contribution in [3.8, 4) is 0 Å². The van der Waals surface area contributed by atoms with E-state index in [0.717, 1.165) is 43.3 Å². The number of ether oxygens (including phenoxy) is 1. The monoisotopic (exact) mass is 277 g/mol. The summed E-state index contributed by atoms with van der Waals surface area (Å²) in [5.74, 6) is 0.0180. The first-order valence-corrected chi connectivity index (χ1v) is 7.20. The predicted molar refractivity (Wildman–Crippen MR) is 77.7 cm³/mol. The largest absolute Gasteiger partial charge is 0.481 e. The summed E-state index contributed by atoms with van der Waals surface area (Å²) in [5, 5.41) is 8.92. The Balaban J connectivity index is 1.76. The van der Waals surface area contributed by atoms with Crippen molar-refractivity contribution in [1.29, 1.82) is 0 Å². The molecular weight excluding hydrogens is 254 g/mol. The highest BCUT2D eigenvalue weighted by Crippen LogP contribution is 2.28. The molecule has 0 aliphatic heterocycles. The van der Waals surface area contributed by atoms with Crippen molar-refractivity contribution >= 4 is 5.97 Å². The van der Waals surface area contributed by atoms with E-state index in [1.54, 1.807) is 0 Å². The Morgan fingerprint density at radius 1 is 1.35 bits per heavy atom. The molecule has 110 valence electrons. The molecule has 0 radical (unpaired) electrons. The van der Waals surface area contributed by atoms with Gasteiger partial charge in [0.15, 0.2) is 0 Å². The number of carbonyl (C=O) groups is 1. The first kappa shape index (κ1) is 15.0. The molecule has 0 unspecified atom stereocenters. The van der Waals surface area contributed by atoms with Crippen LogP contribution < -0.4 is 0 Å². The van der Waals surface area contributed by atoms with E-state index in [0.29, 0.717) is 0 Å². The third-order valence-corrected chi connectivity index (χ3v) is 3.57. The van der Waals surface area contributed by atoms with E-state index in [-0.39, 0.29) is 6.42 Å². The molecule has 0 aromatic heterocycles. The van der Waals surface area contributed by atoms with E-state index in [1.807, 2.05) is 31.3 Å². The molecule has 0 amide bonds. The summed E-state index contributed by atoms with van der Waals surface area (Å²) < 4.78 is 5.62. The Hall–Kier alpha value is -1.39. The third-order valence-electron chi connectivity index (χ3n) is 3.57. The fourth-order valence-electron chi connectivity index (χ4n) is 2.17. The van der Waals surface area contributed by atoms with Crippen LogP contribution in [0.4, 0.5) is 0 Å². The topological polar surface area (TPSA) is 49.8 Å². The van der Waals surface area contributed by atoms with Gasteiger partial charge in [0.1, 0.15) is 0 Å². The van der Waals surface area contributed by atoms with E-state index in [4.69, 9.17) is 9.84 Å². The van der Waals surface area contributed by atoms with E-state index in [1.165, 1.54) is 12.8 Å². The van der Waals surface area contributed by atoms with Crippen molar-refractivity contribution in [2.24, 2.45) is 5.92 Å². The molecule has 1 aliphatic rings. The average molecular weight is 277 g/mol. The molecule has 4 nitrogen and oxygen atoms in total. The second-order valence-electron chi connectivity index (χ2n) is 5.60. The number of carboxylic acid groups (broad SMARTS) is 1. The van der Waals surface area contributed by atoms with Crippen molar-refractivity contribution in [2.45, 2.75) is 25.8 Å². The van der Waals surface area contributed by atoms with Crippen LogP contribution in [0.15, 0.2) is 24.3 Å². The van der Waals surface area contributed by atoms with Gasteiger partial charge in [0, 0.05) is 19.7 Å². The van der Waals surface area contributed by atoms with Gasteiger partial charge in [0.2, 0.25) is 0 Å². The van der Waals surface area contributed by atoms with Crippen LogP contribution in [-0.4, -0.2) is 42.8 Å². The molecule has 2 rings (SSSR count). The van der Waals surface area contributed by atoms with Gasteiger partial charge in [0.25, 0.3) is 0 Å². The lowest BCUT2D eigenvalue weighted by molar-refractivity contribution is -0.136. The zero-order valence-electron chi connectivity index (χ0n) is 12.0. The molecule has 0 spiro atoms. The summed E-state index contributed by atoms with van der Waals surface area (Å²) in [7, 11) is 2.04. The molecule has 1 aromatic carbocycles. The van der Waals surface area contributed by atoms with E-state index in [9.17, 15) is 4.79 Å². The lowest BCUT2D eigenvalue weighted by Gasteiger charge is -2.18. The number of carboxylic acids is 1. The van der Waals surface area contributed by atoms with Crippen molar-refractivity contribution in [1.82, 2.24) is 4.90 Å². The minimum atomic E-state index is -0.784. The molecule has 0 bridgehead atoms. The minimum Gasteiger partial charge on any atom is -0.481 e. The van der Waals surface area contributed by atoms with Crippen LogP contribution in [0.25, 0.3) is 0 Å². The van der Waals surface area contributed by atoms with Crippen LogP contribution in [0.5, 0.6) is 0 Å². The first-order chi connectivity index (χ1) is 9.65. The number of hydrogen-bond donors (Lipinski definition) is 1. The number of benzene rings is 1. The van der Waals surface area contributed by atoms with Gasteiger partial charge in [-0.15, -0.1) is 0 Å². The fourth-order valence-corrected chi connectivity index (χ4v) is 2.17. The maximum atomic E-state index is 10.9. The normalized spacial score (nSPS) is 14.7. The second kappa shape index (κ2) is 7.41. The van der Waals surface area contributed by atoms with Crippen LogP contribution in [-0.2, 0) is 22.5 Å². The van der Waals surface area contributed by atoms with Crippen molar-refractivity contribution in [3.05, 3.63) is 35.4 Å². The maximum absolute atomic E-state index is 10.9. The van der Waals surface area contributed by atoms with Crippen LogP contribution in [0.2, 0.25) is 0 Å². The van der Waals surface area contributed by atoms with Crippen molar-refractivity contribution in [3.63, 3.8) is 0 Å². The molecule has 1 N–H and O–H groups in total. The molecule has 0 heterocycles. The lowest BCUT2D eigenvalue weighted by atomic mass is 10.0. The maximum Gasteiger partial charge on any atom is 0.307 e. The number of rotatable bonds is 9. The molecule has 0 atom stereocenters. The summed E-state index contributed by atoms with van der Waals surface area (Å²) in [6, 6.07) is 7.74. The zero-order chi connectivity index (χ0) is 14.4.